The number of nitrogens with one attached hydrogen (secondary N) is 1. The fourth-order valence-electron chi connectivity index (χ4n) is 2.84. The van der Waals surface area contributed by atoms with Gasteiger partial charge in [-0.2, -0.15) is 0 Å². The maximum Gasteiger partial charge on any atom is 0.177 e. The van der Waals surface area contributed by atoms with Gasteiger partial charge in [0.15, 0.2) is 5.58 Å². The molecule has 1 aliphatic carbocycles. The van der Waals surface area contributed by atoms with Gasteiger partial charge in [0.05, 0.1) is 10.2 Å². The fourth-order valence-corrected chi connectivity index (χ4v) is 4.32. The molecule has 3 aromatic heterocycles. The minimum Gasteiger partial charge on any atom is -0.456 e. The van der Waals surface area contributed by atoms with E-state index in [0.29, 0.717) is 5.15 Å². The Morgan fingerprint density at radius 1 is 1.48 bits per heavy atom. The second-order valence-electron chi connectivity index (χ2n) is 5.73. The van der Waals surface area contributed by atoms with Crippen molar-refractivity contribution in [2.75, 3.05) is 5.32 Å². The average Bonchev–Trinajstić information content (AvgIpc) is 3.14. The molecule has 2 unspecified atom stereocenters. The van der Waals surface area contributed by atoms with Crippen LogP contribution in [-0.2, 0) is 6.54 Å². The molecule has 2 atom stereocenters. The highest BCUT2D eigenvalue weighted by Gasteiger charge is 2.34. The normalized spacial score (nSPS) is 20.7. The maximum atomic E-state index is 6.19. The summed E-state index contributed by atoms with van der Waals surface area (Å²) in [5, 5.41) is 5.90. The second kappa shape index (κ2) is 6.09. The van der Waals surface area contributed by atoms with E-state index in [1.807, 2.05) is 6.07 Å². The van der Waals surface area contributed by atoms with Gasteiger partial charge in [0.25, 0.3) is 0 Å². The van der Waals surface area contributed by atoms with E-state index in [9.17, 15) is 0 Å². The standard InChI is InChI=1S/C16H15BrClN3OS/c17-13-14-16(22-15(13)9-3-4-10(9)19)11(6-12(18)21-14)20-7-8-2-1-5-23-8/h1-2,5-6,9-10H,3-4,7,19H2,(H,20,21). The molecule has 1 fully saturated rings. The van der Waals surface area contributed by atoms with Crippen molar-refractivity contribution in [3.63, 3.8) is 0 Å². The van der Waals surface area contributed by atoms with Crippen LogP contribution in [0.5, 0.6) is 0 Å². The highest BCUT2D eigenvalue weighted by Crippen LogP contribution is 2.44. The molecule has 4 nitrogen and oxygen atoms in total. The minimum atomic E-state index is 0.157. The summed E-state index contributed by atoms with van der Waals surface area (Å²) in [6.45, 7) is 0.726. The van der Waals surface area contributed by atoms with Gasteiger partial charge < -0.3 is 15.5 Å². The molecule has 3 aromatic rings. The number of thiophene rings is 1. The van der Waals surface area contributed by atoms with Crippen LogP contribution in [0.25, 0.3) is 11.1 Å². The third-order valence-corrected chi connectivity index (χ3v) is 6.11. The smallest absolute Gasteiger partial charge is 0.177 e. The Labute approximate surface area is 151 Å². The maximum absolute atomic E-state index is 6.19. The first-order valence-electron chi connectivity index (χ1n) is 7.43. The number of halogens is 2. The van der Waals surface area contributed by atoms with Gasteiger partial charge in [0, 0.05) is 29.4 Å². The molecule has 0 aromatic carbocycles. The zero-order valence-electron chi connectivity index (χ0n) is 12.2. The number of pyridine rings is 1. The Bertz CT molecular complexity index is 849. The van der Waals surface area contributed by atoms with Crippen molar-refractivity contribution in [1.82, 2.24) is 4.98 Å². The van der Waals surface area contributed by atoms with E-state index in [0.717, 1.165) is 46.4 Å². The molecule has 1 aliphatic rings. The molecule has 4 rings (SSSR count). The summed E-state index contributed by atoms with van der Waals surface area (Å²) in [5.74, 6) is 1.13. The van der Waals surface area contributed by atoms with Crippen LogP contribution in [0.1, 0.15) is 29.4 Å². The van der Waals surface area contributed by atoms with E-state index in [1.165, 1.54) is 4.88 Å². The van der Waals surface area contributed by atoms with Gasteiger partial charge in [-0.15, -0.1) is 11.3 Å². The molecule has 0 spiro atoms. The predicted molar refractivity (Wildman–Crippen MR) is 98.3 cm³/mol. The Hall–Kier alpha value is -1.08. The Balaban J connectivity index is 1.73. The molecule has 0 saturated heterocycles. The zero-order valence-corrected chi connectivity index (χ0v) is 15.3. The minimum absolute atomic E-state index is 0.157. The highest BCUT2D eigenvalue weighted by atomic mass is 79.9. The quantitative estimate of drug-likeness (QED) is 0.584. The lowest BCUT2D eigenvalue weighted by atomic mass is 9.79. The average molecular weight is 413 g/mol. The summed E-state index contributed by atoms with van der Waals surface area (Å²) < 4.78 is 6.99. The van der Waals surface area contributed by atoms with E-state index in [-0.39, 0.29) is 12.0 Å². The molecule has 0 bridgehead atoms. The van der Waals surface area contributed by atoms with Gasteiger partial charge in [-0.3, -0.25) is 0 Å². The summed E-state index contributed by atoms with van der Waals surface area (Å²) >= 11 is 11.5. The Kier molecular flexibility index (Phi) is 4.09. The molecular formula is C16H15BrClN3OS. The summed E-state index contributed by atoms with van der Waals surface area (Å²) in [7, 11) is 0. The molecule has 23 heavy (non-hydrogen) atoms. The van der Waals surface area contributed by atoms with Crippen LogP contribution < -0.4 is 11.1 Å². The topological polar surface area (TPSA) is 64.1 Å². The lowest BCUT2D eigenvalue weighted by Gasteiger charge is -2.31. The van der Waals surface area contributed by atoms with Crippen molar-refractivity contribution >= 4 is 55.7 Å². The first-order valence-corrected chi connectivity index (χ1v) is 9.49. The highest BCUT2D eigenvalue weighted by molar-refractivity contribution is 9.10. The molecule has 1 saturated carbocycles. The first-order chi connectivity index (χ1) is 11.1. The molecule has 0 aliphatic heterocycles. The number of nitrogens with two attached hydrogens (primary N) is 1. The number of fused-ring (bicyclic) bond motifs is 1. The van der Waals surface area contributed by atoms with Crippen molar-refractivity contribution in [1.29, 1.82) is 0 Å². The van der Waals surface area contributed by atoms with Gasteiger partial charge in [-0.1, -0.05) is 17.7 Å². The SMILES string of the molecule is NC1CCC1c1oc2c(NCc3cccs3)cc(Cl)nc2c1Br. The van der Waals surface area contributed by atoms with Gasteiger partial charge >= 0.3 is 0 Å². The Morgan fingerprint density at radius 2 is 2.35 bits per heavy atom. The predicted octanol–water partition coefficient (Wildman–Crippen LogP) is 5.12. The van der Waals surface area contributed by atoms with Crippen LogP contribution in [-0.4, -0.2) is 11.0 Å². The van der Waals surface area contributed by atoms with Crippen LogP contribution in [0.4, 0.5) is 5.69 Å². The van der Waals surface area contributed by atoms with E-state index in [2.05, 4.69) is 37.7 Å². The molecular weight excluding hydrogens is 398 g/mol. The van der Waals surface area contributed by atoms with E-state index >= 15 is 0 Å². The number of hydrogen-bond acceptors (Lipinski definition) is 5. The van der Waals surface area contributed by atoms with E-state index < -0.39 is 0 Å². The fraction of sp³-hybridized carbons (Fsp3) is 0.312. The molecule has 120 valence electrons. The van der Waals surface area contributed by atoms with Crippen molar-refractivity contribution in [3.8, 4) is 0 Å². The van der Waals surface area contributed by atoms with Gasteiger partial charge in [-0.05, 0) is 40.2 Å². The summed E-state index contributed by atoms with van der Waals surface area (Å²) in [5.41, 5.74) is 8.43. The van der Waals surface area contributed by atoms with Crippen molar-refractivity contribution in [2.45, 2.75) is 31.3 Å². The second-order valence-corrected chi connectivity index (χ2v) is 7.94. The zero-order chi connectivity index (χ0) is 16.0. The molecule has 7 heteroatoms. The van der Waals surface area contributed by atoms with Crippen molar-refractivity contribution in [3.05, 3.63) is 43.8 Å². The van der Waals surface area contributed by atoms with Crippen LogP contribution in [0.3, 0.4) is 0 Å². The van der Waals surface area contributed by atoms with Crippen LogP contribution in [0.15, 0.2) is 32.5 Å². The summed E-state index contributed by atoms with van der Waals surface area (Å²) in [4.78, 5) is 5.66. The largest absolute Gasteiger partial charge is 0.456 e. The van der Waals surface area contributed by atoms with Crippen LogP contribution in [0.2, 0.25) is 5.15 Å². The van der Waals surface area contributed by atoms with Gasteiger partial charge in [-0.25, -0.2) is 4.98 Å². The number of nitrogens with zero attached hydrogens (tertiary/aromatic N) is 1. The number of aromatic nitrogens is 1. The first kappa shape index (κ1) is 15.4. The van der Waals surface area contributed by atoms with Gasteiger partial charge in [0.2, 0.25) is 0 Å². The summed E-state index contributed by atoms with van der Waals surface area (Å²) in [6, 6.07) is 6.09. The number of rotatable bonds is 4. The number of anilines is 1. The summed E-state index contributed by atoms with van der Waals surface area (Å²) in [6.07, 6.45) is 2.08. The monoisotopic (exact) mass is 411 g/mol. The Morgan fingerprint density at radius 3 is 3.00 bits per heavy atom. The van der Waals surface area contributed by atoms with Gasteiger partial charge in [0.1, 0.15) is 16.4 Å². The van der Waals surface area contributed by atoms with Crippen molar-refractivity contribution < 1.29 is 4.42 Å². The lowest BCUT2D eigenvalue weighted by molar-refractivity contribution is 0.301. The third kappa shape index (κ3) is 2.78. The number of hydrogen-bond donors (Lipinski definition) is 2. The molecule has 3 heterocycles. The molecule has 3 N–H and O–H groups in total. The molecule has 0 radical (unpaired) electrons. The molecule has 0 amide bonds. The number of furan rings is 1. The van der Waals surface area contributed by atoms with Crippen LogP contribution >= 0.6 is 38.9 Å². The third-order valence-electron chi connectivity index (χ3n) is 4.28. The van der Waals surface area contributed by atoms with E-state index in [1.54, 1.807) is 17.4 Å². The van der Waals surface area contributed by atoms with Crippen LogP contribution in [0, 0.1) is 0 Å². The van der Waals surface area contributed by atoms with Crippen molar-refractivity contribution in [2.24, 2.45) is 5.73 Å². The lowest BCUT2D eigenvalue weighted by Crippen LogP contribution is -2.37. The van der Waals surface area contributed by atoms with E-state index in [4.69, 9.17) is 21.8 Å².